The molecule has 0 aromatic rings. The van der Waals surface area contributed by atoms with Crippen LogP contribution in [0.2, 0.25) is 0 Å². The minimum absolute atomic E-state index is 0.108. The number of aliphatic hydroxyl groups is 1. The number of hydrogen-bond donors (Lipinski definition) is 3. The summed E-state index contributed by atoms with van der Waals surface area (Å²) in [5.41, 5.74) is 0. The van der Waals surface area contributed by atoms with Gasteiger partial charge in [0.15, 0.2) is 12.2 Å². The van der Waals surface area contributed by atoms with Gasteiger partial charge in [0.05, 0.1) is 26.4 Å². The maximum absolute atomic E-state index is 13.1. The molecule has 3 N–H and O–H groups in total. The number of esters is 4. The van der Waals surface area contributed by atoms with E-state index in [1.165, 1.54) is 257 Å². The molecular weight excluding hydrogens is 1320 g/mol. The second kappa shape index (κ2) is 74.9. The van der Waals surface area contributed by atoms with Crippen LogP contribution < -0.4 is 0 Å². The third-order valence-electron chi connectivity index (χ3n) is 19.3. The summed E-state index contributed by atoms with van der Waals surface area (Å²) in [6.07, 6.45) is 66.7. The third kappa shape index (κ3) is 76.1. The number of hydrogen-bond acceptors (Lipinski definition) is 15. The number of unbranched alkanes of at least 4 members (excludes halogenated alkanes) is 54. The monoisotopic (exact) mass is 1480 g/mol. The van der Waals surface area contributed by atoms with Crippen molar-refractivity contribution in [2.45, 2.75) is 457 Å². The van der Waals surface area contributed by atoms with E-state index in [9.17, 15) is 43.2 Å². The molecular formula is C82H160O17P2. The van der Waals surface area contributed by atoms with E-state index in [1.807, 2.05) is 0 Å². The topological polar surface area (TPSA) is 237 Å². The van der Waals surface area contributed by atoms with Gasteiger partial charge in [0.2, 0.25) is 0 Å². The Labute approximate surface area is 619 Å². The zero-order valence-electron chi connectivity index (χ0n) is 66.1. The van der Waals surface area contributed by atoms with Gasteiger partial charge in [0.25, 0.3) is 0 Å². The second-order valence-corrected chi connectivity index (χ2v) is 32.9. The number of phosphoric acid groups is 2. The summed E-state index contributed by atoms with van der Waals surface area (Å²) in [7, 11) is -9.92. The number of carbonyl (C=O) groups excluding carboxylic acids is 4. The average Bonchev–Trinajstić information content (AvgIpc) is 0.978. The molecule has 0 aromatic heterocycles. The standard InChI is InChI=1S/C82H160O17P2/c1-6-9-12-15-18-21-24-27-30-33-35-38-41-44-47-52-58-63-67-81(86)98-77(71-92-79(84)65-60-55-50-45-42-39-37-34-31-28-25-22-19-16-13-10-7-2)73-96-100(88,89)94-69-76(83)70-95-101(90,91)97-74-78(72-93-80(85)66-61-56-53-48-49-54-59-64-75(4)5)99-82(87)68-62-57-51-46-43-40-36-32-29-26-23-20-17-14-11-8-3/h75-78,83H,6-74H2,1-5H3,(H,88,89)(H,90,91)/t76-,77-,78-/m1/s1. The largest absolute Gasteiger partial charge is 0.472 e. The van der Waals surface area contributed by atoms with Gasteiger partial charge in [0.1, 0.15) is 19.3 Å². The third-order valence-corrected chi connectivity index (χ3v) is 21.2. The van der Waals surface area contributed by atoms with E-state index < -0.39 is 97.5 Å². The number of phosphoric ester groups is 2. The van der Waals surface area contributed by atoms with Crippen LogP contribution in [0, 0.1) is 5.92 Å². The van der Waals surface area contributed by atoms with E-state index in [1.54, 1.807) is 0 Å². The van der Waals surface area contributed by atoms with E-state index in [0.29, 0.717) is 31.6 Å². The fourth-order valence-electron chi connectivity index (χ4n) is 12.8. The molecule has 0 heterocycles. The Kier molecular flexibility index (Phi) is 73.5. The highest BCUT2D eigenvalue weighted by Crippen LogP contribution is 2.45. The summed E-state index contributed by atoms with van der Waals surface area (Å²) in [5, 5.41) is 10.6. The van der Waals surface area contributed by atoms with Crippen molar-refractivity contribution in [3.05, 3.63) is 0 Å². The van der Waals surface area contributed by atoms with Crippen molar-refractivity contribution in [2.24, 2.45) is 5.92 Å². The maximum atomic E-state index is 13.1. The van der Waals surface area contributed by atoms with Gasteiger partial charge in [-0.1, -0.05) is 388 Å². The predicted molar refractivity (Wildman–Crippen MR) is 414 cm³/mol. The normalized spacial score (nSPS) is 13.8. The van der Waals surface area contributed by atoms with Gasteiger partial charge < -0.3 is 33.8 Å². The van der Waals surface area contributed by atoms with E-state index in [0.717, 1.165) is 96.3 Å². The average molecular weight is 1480 g/mol. The molecule has 17 nitrogen and oxygen atoms in total. The predicted octanol–water partition coefficient (Wildman–Crippen LogP) is 24.8. The molecule has 0 saturated heterocycles. The molecule has 0 bridgehead atoms. The molecule has 101 heavy (non-hydrogen) atoms. The van der Waals surface area contributed by atoms with Crippen molar-refractivity contribution in [2.75, 3.05) is 39.6 Å². The van der Waals surface area contributed by atoms with Crippen LogP contribution in [0.1, 0.15) is 439 Å². The van der Waals surface area contributed by atoms with Crippen molar-refractivity contribution in [1.29, 1.82) is 0 Å². The fraction of sp³-hybridized carbons (Fsp3) is 0.951. The quantitative estimate of drug-likeness (QED) is 0.0222. The van der Waals surface area contributed by atoms with Crippen molar-refractivity contribution in [3.63, 3.8) is 0 Å². The molecule has 5 atom stereocenters. The van der Waals surface area contributed by atoms with Crippen LogP contribution in [0.25, 0.3) is 0 Å². The van der Waals surface area contributed by atoms with Crippen LogP contribution in [0.5, 0.6) is 0 Å². The summed E-state index contributed by atoms with van der Waals surface area (Å²) in [4.78, 5) is 73.1. The molecule has 0 saturated carbocycles. The molecule has 0 fully saturated rings. The van der Waals surface area contributed by atoms with Crippen LogP contribution in [0.3, 0.4) is 0 Å². The lowest BCUT2D eigenvalue weighted by Gasteiger charge is -2.21. The minimum atomic E-state index is -4.96. The molecule has 0 spiro atoms. The Balaban J connectivity index is 5.24. The van der Waals surface area contributed by atoms with Crippen LogP contribution in [-0.2, 0) is 65.4 Å². The number of carbonyl (C=O) groups is 4. The second-order valence-electron chi connectivity index (χ2n) is 30.0. The molecule has 0 rings (SSSR count). The zero-order chi connectivity index (χ0) is 74.1. The lowest BCUT2D eigenvalue weighted by atomic mass is 10.0. The Morgan fingerprint density at radius 2 is 0.455 bits per heavy atom. The first-order valence-corrected chi connectivity index (χ1v) is 45.6. The smallest absolute Gasteiger partial charge is 0.462 e. The molecule has 0 aliphatic rings. The van der Waals surface area contributed by atoms with Gasteiger partial charge in [0, 0.05) is 25.7 Å². The summed E-state index contributed by atoms with van der Waals surface area (Å²) in [5.74, 6) is -1.40. The van der Waals surface area contributed by atoms with E-state index >= 15 is 0 Å². The summed E-state index contributed by atoms with van der Waals surface area (Å²) >= 11 is 0. The Hall–Kier alpha value is -1.94. The molecule has 0 aliphatic carbocycles. The fourth-order valence-corrected chi connectivity index (χ4v) is 14.3. The highest BCUT2D eigenvalue weighted by atomic mass is 31.2. The van der Waals surface area contributed by atoms with Crippen molar-refractivity contribution in [3.8, 4) is 0 Å². The summed E-state index contributed by atoms with van der Waals surface area (Å²) in [6.45, 7) is 7.29. The Bertz CT molecular complexity index is 1930. The van der Waals surface area contributed by atoms with Gasteiger partial charge in [-0.3, -0.25) is 37.3 Å². The maximum Gasteiger partial charge on any atom is 0.472 e. The van der Waals surface area contributed by atoms with Crippen molar-refractivity contribution in [1.82, 2.24) is 0 Å². The van der Waals surface area contributed by atoms with Gasteiger partial charge in [-0.05, 0) is 31.6 Å². The summed E-state index contributed by atoms with van der Waals surface area (Å²) in [6, 6.07) is 0. The molecule has 0 amide bonds. The van der Waals surface area contributed by atoms with Crippen LogP contribution >= 0.6 is 15.6 Å². The molecule has 0 radical (unpaired) electrons. The first-order valence-electron chi connectivity index (χ1n) is 42.6. The molecule has 2 unspecified atom stereocenters. The first-order chi connectivity index (χ1) is 49.0. The zero-order valence-corrected chi connectivity index (χ0v) is 67.8. The summed E-state index contributed by atoms with van der Waals surface area (Å²) < 4.78 is 68.8. The van der Waals surface area contributed by atoms with Crippen molar-refractivity contribution >= 4 is 39.5 Å². The van der Waals surface area contributed by atoms with E-state index in [-0.39, 0.29) is 25.7 Å². The van der Waals surface area contributed by atoms with E-state index in [4.69, 9.17) is 37.0 Å². The van der Waals surface area contributed by atoms with E-state index in [2.05, 4.69) is 34.6 Å². The van der Waals surface area contributed by atoms with Gasteiger partial charge in [-0.25, -0.2) is 9.13 Å². The van der Waals surface area contributed by atoms with Crippen LogP contribution in [0.4, 0.5) is 0 Å². The molecule has 0 aromatic carbocycles. The minimum Gasteiger partial charge on any atom is -0.462 e. The van der Waals surface area contributed by atoms with Gasteiger partial charge >= 0.3 is 39.5 Å². The van der Waals surface area contributed by atoms with Crippen molar-refractivity contribution < 1.29 is 80.2 Å². The highest BCUT2D eigenvalue weighted by molar-refractivity contribution is 7.47. The number of ether oxygens (including phenoxy) is 4. The molecule has 19 heteroatoms. The SMILES string of the molecule is CCCCCCCCCCCCCCCCCCCCC(=O)O[C@H](COC(=O)CCCCCCCCCCCCCCCCCCC)COP(=O)(O)OC[C@@H](O)COP(=O)(O)OC[C@@H](COC(=O)CCCCCCCCCC(C)C)OC(=O)CCCCCCCCCCCCCCCCCC. The highest BCUT2D eigenvalue weighted by Gasteiger charge is 2.30. The lowest BCUT2D eigenvalue weighted by molar-refractivity contribution is -0.161. The Morgan fingerprint density at radius 1 is 0.267 bits per heavy atom. The van der Waals surface area contributed by atoms with Gasteiger partial charge in [-0.15, -0.1) is 0 Å². The number of aliphatic hydroxyl groups excluding tert-OH is 1. The van der Waals surface area contributed by atoms with Gasteiger partial charge in [-0.2, -0.15) is 0 Å². The first kappa shape index (κ1) is 99.1. The van der Waals surface area contributed by atoms with Crippen LogP contribution in [0.15, 0.2) is 0 Å². The lowest BCUT2D eigenvalue weighted by Crippen LogP contribution is -2.30. The Morgan fingerprint density at radius 3 is 0.673 bits per heavy atom. The van der Waals surface area contributed by atoms with Crippen LogP contribution in [-0.4, -0.2) is 96.7 Å². The number of rotatable bonds is 82. The molecule has 0 aliphatic heterocycles. The molecule has 600 valence electrons.